The molecule has 0 saturated carbocycles. The van der Waals surface area contributed by atoms with Crippen molar-refractivity contribution in [3.05, 3.63) is 16.1 Å². The van der Waals surface area contributed by atoms with E-state index in [9.17, 15) is 0 Å². The third kappa shape index (κ3) is 5.89. The fourth-order valence-corrected chi connectivity index (χ4v) is 2.72. The van der Waals surface area contributed by atoms with Gasteiger partial charge in [-0.1, -0.05) is 37.0 Å². The molecule has 1 aromatic rings. The molecule has 4 nitrogen and oxygen atoms in total. The Morgan fingerprint density at radius 3 is 2.38 bits per heavy atom. The molecule has 0 amide bonds. The molecule has 0 aliphatic heterocycles. The van der Waals surface area contributed by atoms with Crippen LogP contribution >= 0.6 is 23.2 Å². The second kappa shape index (κ2) is 9.34. The van der Waals surface area contributed by atoms with Gasteiger partial charge in [-0.3, -0.25) is 0 Å². The van der Waals surface area contributed by atoms with Crippen molar-refractivity contribution in [3.8, 4) is 0 Å². The average Bonchev–Trinajstić information content (AvgIpc) is 2.46. The van der Waals surface area contributed by atoms with Crippen molar-refractivity contribution in [1.29, 1.82) is 0 Å². The zero-order valence-electron chi connectivity index (χ0n) is 13.3. The summed E-state index contributed by atoms with van der Waals surface area (Å²) >= 11 is 12.2. The van der Waals surface area contributed by atoms with Crippen LogP contribution in [-0.4, -0.2) is 42.6 Å². The monoisotopic (exact) mass is 332 g/mol. The Kier molecular flexibility index (Phi) is 8.15. The number of aromatic nitrogens is 1. The molecule has 0 spiro atoms. The molecule has 1 heterocycles. The number of halogens is 2. The lowest BCUT2D eigenvalue weighted by Crippen LogP contribution is -2.25. The molecular weight excluding hydrogens is 307 g/mol. The lowest BCUT2D eigenvalue weighted by atomic mass is 10.1. The third-order valence-electron chi connectivity index (χ3n) is 3.56. The van der Waals surface area contributed by atoms with Crippen LogP contribution in [0, 0.1) is 0 Å². The lowest BCUT2D eigenvalue weighted by molar-refractivity contribution is 0.295. The molecule has 0 aliphatic carbocycles. The molecule has 0 saturated heterocycles. The maximum Gasteiger partial charge on any atom is 0.147 e. The van der Waals surface area contributed by atoms with E-state index in [2.05, 4.69) is 41.3 Å². The summed E-state index contributed by atoms with van der Waals surface area (Å²) in [6, 6.07) is 2.03. The molecule has 0 aromatic carbocycles. The van der Waals surface area contributed by atoms with Gasteiger partial charge >= 0.3 is 0 Å². The number of nitrogens with one attached hydrogen (secondary N) is 2. The van der Waals surface area contributed by atoms with E-state index in [-0.39, 0.29) is 0 Å². The minimum absolute atomic E-state index is 0.316. The van der Waals surface area contributed by atoms with Crippen molar-refractivity contribution in [2.45, 2.75) is 39.7 Å². The highest BCUT2D eigenvalue weighted by atomic mass is 35.5. The lowest BCUT2D eigenvalue weighted by Gasteiger charge is -2.20. The molecular formula is C15H26Cl2N4. The highest BCUT2D eigenvalue weighted by Gasteiger charge is 2.11. The molecule has 1 atom stereocenters. The van der Waals surface area contributed by atoms with Gasteiger partial charge in [-0.15, -0.1) is 0 Å². The Bertz CT molecular complexity index is 436. The normalized spacial score (nSPS) is 12.5. The highest BCUT2D eigenvalue weighted by molar-refractivity contribution is 6.37. The SMILES string of the molecule is CCN(CC)CCCC(C)Nc1nc(NC)c(Cl)cc1Cl. The largest absolute Gasteiger partial charge is 0.372 e. The summed E-state index contributed by atoms with van der Waals surface area (Å²) in [7, 11) is 1.79. The van der Waals surface area contributed by atoms with Crippen molar-refractivity contribution in [2.75, 3.05) is 37.3 Å². The van der Waals surface area contributed by atoms with Gasteiger partial charge in [0.05, 0.1) is 10.0 Å². The molecule has 0 aliphatic rings. The molecule has 21 heavy (non-hydrogen) atoms. The zero-order valence-corrected chi connectivity index (χ0v) is 14.9. The van der Waals surface area contributed by atoms with E-state index in [1.165, 1.54) is 0 Å². The van der Waals surface area contributed by atoms with Crippen molar-refractivity contribution in [2.24, 2.45) is 0 Å². The van der Waals surface area contributed by atoms with Crippen LogP contribution in [0.4, 0.5) is 11.6 Å². The van der Waals surface area contributed by atoms with Crippen molar-refractivity contribution < 1.29 is 0 Å². The maximum absolute atomic E-state index is 6.19. The first-order chi connectivity index (χ1) is 10.0. The number of rotatable bonds is 9. The summed E-state index contributed by atoms with van der Waals surface area (Å²) in [5, 5.41) is 7.40. The highest BCUT2D eigenvalue weighted by Crippen LogP contribution is 2.29. The van der Waals surface area contributed by atoms with E-state index in [4.69, 9.17) is 23.2 Å². The first-order valence-corrected chi connectivity index (χ1v) is 8.30. The third-order valence-corrected chi connectivity index (χ3v) is 4.13. The Morgan fingerprint density at radius 1 is 1.19 bits per heavy atom. The van der Waals surface area contributed by atoms with Gasteiger partial charge in [0.1, 0.15) is 11.6 Å². The van der Waals surface area contributed by atoms with Crippen LogP contribution in [0.25, 0.3) is 0 Å². The quantitative estimate of drug-likeness (QED) is 0.705. The van der Waals surface area contributed by atoms with Crippen molar-refractivity contribution >= 4 is 34.8 Å². The van der Waals surface area contributed by atoms with Crippen molar-refractivity contribution in [3.63, 3.8) is 0 Å². The standard InChI is InChI=1S/C15H26Cl2N4/c1-5-21(6-2)9-7-8-11(3)19-15-13(17)10-12(16)14(18-4)20-15/h10-11H,5-9H2,1-4H3,(H2,18,19,20). The Labute approximate surface area is 138 Å². The van der Waals surface area contributed by atoms with Crippen LogP contribution in [0.3, 0.4) is 0 Å². The van der Waals surface area contributed by atoms with Crippen LogP contribution in [0.5, 0.6) is 0 Å². The summed E-state index contributed by atoms with van der Waals surface area (Å²) in [5.41, 5.74) is 0. The maximum atomic E-state index is 6.19. The second-order valence-corrected chi connectivity index (χ2v) is 5.93. The summed E-state index contributed by atoms with van der Waals surface area (Å²) in [6.07, 6.45) is 2.23. The van der Waals surface area contributed by atoms with Gasteiger partial charge < -0.3 is 15.5 Å². The van der Waals surface area contributed by atoms with Gasteiger partial charge in [0.2, 0.25) is 0 Å². The van der Waals surface area contributed by atoms with Gasteiger partial charge in [0, 0.05) is 13.1 Å². The topological polar surface area (TPSA) is 40.2 Å². The molecule has 6 heteroatoms. The number of anilines is 2. The van der Waals surface area contributed by atoms with E-state index in [1.807, 2.05) is 0 Å². The van der Waals surface area contributed by atoms with Crippen LogP contribution in [0.15, 0.2) is 6.07 Å². The summed E-state index contributed by atoms with van der Waals surface area (Å²) in [5.74, 6) is 1.32. The van der Waals surface area contributed by atoms with Gasteiger partial charge in [0.15, 0.2) is 0 Å². The second-order valence-electron chi connectivity index (χ2n) is 5.11. The molecule has 1 aromatic heterocycles. The van der Waals surface area contributed by atoms with Crippen LogP contribution in [-0.2, 0) is 0 Å². The number of hydrogen-bond donors (Lipinski definition) is 2. The molecule has 0 fully saturated rings. The van der Waals surface area contributed by atoms with Crippen LogP contribution < -0.4 is 10.6 Å². The Hall–Kier alpha value is -0.710. The minimum Gasteiger partial charge on any atom is -0.372 e. The fraction of sp³-hybridized carbons (Fsp3) is 0.667. The summed E-state index contributed by atoms with van der Waals surface area (Å²) < 4.78 is 0. The molecule has 0 bridgehead atoms. The summed E-state index contributed by atoms with van der Waals surface area (Å²) in [6.45, 7) is 9.88. The molecule has 120 valence electrons. The zero-order chi connectivity index (χ0) is 15.8. The van der Waals surface area contributed by atoms with E-state index < -0.39 is 0 Å². The predicted octanol–water partition coefficient (Wildman–Crippen LogP) is 4.35. The smallest absolute Gasteiger partial charge is 0.147 e. The van der Waals surface area contributed by atoms with Crippen molar-refractivity contribution in [1.82, 2.24) is 9.88 Å². The number of pyridine rings is 1. The van der Waals surface area contributed by atoms with Gasteiger partial charge in [0.25, 0.3) is 0 Å². The van der Waals surface area contributed by atoms with E-state index >= 15 is 0 Å². The minimum atomic E-state index is 0.316. The van der Waals surface area contributed by atoms with Gasteiger partial charge in [-0.05, 0) is 45.5 Å². The van der Waals surface area contributed by atoms with Crippen LogP contribution in [0.1, 0.15) is 33.6 Å². The Balaban J connectivity index is 2.53. The van der Waals surface area contributed by atoms with E-state index in [0.717, 1.165) is 32.5 Å². The van der Waals surface area contributed by atoms with Gasteiger partial charge in [-0.25, -0.2) is 4.98 Å². The molecule has 1 unspecified atom stereocenters. The molecule has 2 N–H and O–H groups in total. The van der Waals surface area contributed by atoms with E-state index in [1.54, 1.807) is 13.1 Å². The fourth-order valence-electron chi connectivity index (χ4n) is 2.21. The Morgan fingerprint density at radius 2 is 1.81 bits per heavy atom. The van der Waals surface area contributed by atoms with Crippen LogP contribution in [0.2, 0.25) is 10.0 Å². The predicted molar refractivity (Wildman–Crippen MR) is 93.9 cm³/mol. The van der Waals surface area contributed by atoms with E-state index in [0.29, 0.717) is 27.7 Å². The first-order valence-electron chi connectivity index (χ1n) is 7.54. The first kappa shape index (κ1) is 18.3. The average molecular weight is 333 g/mol. The molecule has 0 radical (unpaired) electrons. The summed E-state index contributed by atoms with van der Waals surface area (Å²) in [4.78, 5) is 6.84. The van der Waals surface area contributed by atoms with Gasteiger partial charge in [-0.2, -0.15) is 0 Å². The number of hydrogen-bond acceptors (Lipinski definition) is 4. The molecule has 1 rings (SSSR count). The number of nitrogens with zero attached hydrogens (tertiary/aromatic N) is 2.